The third kappa shape index (κ3) is 3.06. The number of carbonyl (C=O) groups is 1. The lowest BCUT2D eigenvalue weighted by molar-refractivity contribution is -0.145. The zero-order valence-electron chi connectivity index (χ0n) is 9.97. The summed E-state index contributed by atoms with van der Waals surface area (Å²) < 4.78 is 15.0. The molecule has 0 aromatic carbocycles. The van der Waals surface area contributed by atoms with Crippen molar-refractivity contribution >= 4 is 5.97 Å². The fourth-order valence-corrected chi connectivity index (χ4v) is 1.57. The quantitative estimate of drug-likeness (QED) is 0.731. The molecule has 0 amide bonds. The first-order valence-corrected chi connectivity index (χ1v) is 5.01. The van der Waals surface area contributed by atoms with Gasteiger partial charge in [0.25, 0.3) is 0 Å². The maximum absolute atomic E-state index is 10.9. The SMILES string of the molecule is COC(CC(C)(O)c1occc1C(=O)O)OC. The number of aliphatic hydroxyl groups is 1. The van der Waals surface area contributed by atoms with E-state index in [-0.39, 0.29) is 17.7 Å². The standard InChI is InChI=1S/C11H16O6/c1-11(14,6-8(15-2)16-3)9-7(10(12)13)4-5-17-9/h4-5,8,14H,6H2,1-3H3,(H,12,13). The smallest absolute Gasteiger partial charge is 0.339 e. The normalized spacial score (nSPS) is 14.9. The highest BCUT2D eigenvalue weighted by Crippen LogP contribution is 2.30. The van der Waals surface area contributed by atoms with Crippen molar-refractivity contribution < 1.29 is 28.9 Å². The topological polar surface area (TPSA) is 89.1 Å². The van der Waals surface area contributed by atoms with Crippen LogP contribution in [-0.2, 0) is 15.1 Å². The monoisotopic (exact) mass is 244 g/mol. The van der Waals surface area contributed by atoms with Crippen LogP contribution in [0.25, 0.3) is 0 Å². The number of aromatic carboxylic acids is 1. The molecule has 0 fully saturated rings. The van der Waals surface area contributed by atoms with Gasteiger partial charge in [-0.1, -0.05) is 0 Å². The highest BCUT2D eigenvalue weighted by molar-refractivity contribution is 5.88. The van der Waals surface area contributed by atoms with E-state index in [2.05, 4.69) is 0 Å². The van der Waals surface area contributed by atoms with Gasteiger partial charge in [-0.3, -0.25) is 0 Å². The Hall–Kier alpha value is -1.37. The summed E-state index contributed by atoms with van der Waals surface area (Å²) >= 11 is 0. The number of carboxylic acid groups (broad SMARTS) is 1. The van der Waals surface area contributed by atoms with Crippen molar-refractivity contribution in [2.75, 3.05) is 14.2 Å². The summed E-state index contributed by atoms with van der Waals surface area (Å²) in [4.78, 5) is 10.9. The minimum Gasteiger partial charge on any atom is -0.478 e. The average Bonchev–Trinajstić information content (AvgIpc) is 2.75. The maximum atomic E-state index is 10.9. The van der Waals surface area contributed by atoms with Crippen LogP contribution >= 0.6 is 0 Å². The van der Waals surface area contributed by atoms with Crippen molar-refractivity contribution in [2.45, 2.75) is 25.2 Å². The Morgan fingerprint density at radius 1 is 1.53 bits per heavy atom. The van der Waals surface area contributed by atoms with E-state index in [4.69, 9.17) is 19.0 Å². The molecule has 0 saturated heterocycles. The predicted molar refractivity (Wildman–Crippen MR) is 57.7 cm³/mol. The molecule has 96 valence electrons. The van der Waals surface area contributed by atoms with E-state index in [0.29, 0.717) is 0 Å². The van der Waals surface area contributed by atoms with Crippen LogP contribution in [-0.4, -0.2) is 36.7 Å². The molecule has 0 radical (unpaired) electrons. The minimum absolute atomic E-state index is 0.0101. The molecule has 2 N–H and O–H groups in total. The van der Waals surface area contributed by atoms with Gasteiger partial charge in [0, 0.05) is 20.6 Å². The van der Waals surface area contributed by atoms with Gasteiger partial charge in [0.05, 0.1) is 6.26 Å². The van der Waals surface area contributed by atoms with Crippen LogP contribution in [0.1, 0.15) is 29.5 Å². The number of rotatable bonds is 6. The third-order valence-corrected chi connectivity index (χ3v) is 2.47. The highest BCUT2D eigenvalue weighted by Gasteiger charge is 2.34. The molecule has 6 heteroatoms. The van der Waals surface area contributed by atoms with Crippen LogP contribution in [0.4, 0.5) is 0 Å². The lowest BCUT2D eigenvalue weighted by Crippen LogP contribution is -2.30. The Morgan fingerprint density at radius 3 is 2.59 bits per heavy atom. The Kier molecular flexibility index (Phi) is 4.28. The predicted octanol–water partition coefficient (Wildman–Crippen LogP) is 1.19. The van der Waals surface area contributed by atoms with Crippen molar-refractivity contribution in [2.24, 2.45) is 0 Å². The number of carboxylic acids is 1. The van der Waals surface area contributed by atoms with E-state index in [1.807, 2.05) is 0 Å². The summed E-state index contributed by atoms with van der Waals surface area (Å²) in [6, 6.07) is 1.29. The zero-order chi connectivity index (χ0) is 13.1. The van der Waals surface area contributed by atoms with Crippen molar-refractivity contribution in [1.29, 1.82) is 0 Å². The van der Waals surface area contributed by atoms with Crippen LogP contribution < -0.4 is 0 Å². The second-order valence-corrected chi connectivity index (χ2v) is 3.85. The largest absolute Gasteiger partial charge is 0.478 e. The molecule has 0 spiro atoms. The molecular weight excluding hydrogens is 228 g/mol. The molecule has 1 rings (SSSR count). The van der Waals surface area contributed by atoms with Crippen molar-refractivity contribution in [3.63, 3.8) is 0 Å². The van der Waals surface area contributed by atoms with E-state index in [1.165, 1.54) is 33.5 Å². The van der Waals surface area contributed by atoms with Crippen LogP contribution in [0.3, 0.4) is 0 Å². The summed E-state index contributed by atoms with van der Waals surface area (Å²) in [6.07, 6.45) is 0.645. The summed E-state index contributed by atoms with van der Waals surface area (Å²) in [5.41, 5.74) is -1.55. The average molecular weight is 244 g/mol. The third-order valence-electron chi connectivity index (χ3n) is 2.47. The van der Waals surface area contributed by atoms with E-state index in [0.717, 1.165) is 0 Å². The lowest BCUT2D eigenvalue weighted by atomic mass is 9.95. The number of hydrogen-bond acceptors (Lipinski definition) is 5. The molecule has 0 saturated carbocycles. The molecule has 6 nitrogen and oxygen atoms in total. The number of furan rings is 1. The summed E-state index contributed by atoms with van der Waals surface area (Å²) in [7, 11) is 2.87. The molecule has 17 heavy (non-hydrogen) atoms. The van der Waals surface area contributed by atoms with Gasteiger partial charge in [-0.15, -0.1) is 0 Å². The van der Waals surface area contributed by atoms with Gasteiger partial charge in [-0.25, -0.2) is 4.79 Å². The van der Waals surface area contributed by atoms with Crippen LogP contribution in [0.5, 0.6) is 0 Å². The molecule has 1 aromatic heterocycles. The molecule has 1 heterocycles. The Bertz CT molecular complexity index is 377. The van der Waals surface area contributed by atoms with Gasteiger partial charge < -0.3 is 24.1 Å². The van der Waals surface area contributed by atoms with Crippen LogP contribution in [0, 0.1) is 0 Å². The first-order chi connectivity index (χ1) is 7.92. The maximum Gasteiger partial charge on any atom is 0.339 e. The minimum atomic E-state index is -1.48. The molecular formula is C11H16O6. The molecule has 0 aliphatic rings. The van der Waals surface area contributed by atoms with Gasteiger partial charge in [-0.2, -0.15) is 0 Å². The molecule has 0 aliphatic carbocycles. The Labute approximate surface area is 98.8 Å². The van der Waals surface area contributed by atoms with Crippen molar-refractivity contribution in [1.82, 2.24) is 0 Å². The number of hydrogen-bond donors (Lipinski definition) is 2. The fraction of sp³-hybridized carbons (Fsp3) is 0.545. The summed E-state index contributed by atoms with van der Waals surface area (Å²) in [5.74, 6) is -1.16. The van der Waals surface area contributed by atoms with Gasteiger partial charge in [-0.05, 0) is 13.0 Å². The number of methoxy groups -OCH3 is 2. The van der Waals surface area contributed by atoms with E-state index < -0.39 is 17.9 Å². The molecule has 0 bridgehead atoms. The van der Waals surface area contributed by atoms with Crippen LogP contribution in [0.15, 0.2) is 16.7 Å². The van der Waals surface area contributed by atoms with Crippen molar-refractivity contribution in [3.05, 3.63) is 23.7 Å². The van der Waals surface area contributed by atoms with Gasteiger partial charge >= 0.3 is 5.97 Å². The Balaban J connectivity index is 2.95. The Morgan fingerprint density at radius 2 is 2.12 bits per heavy atom. The second-order valence-electron chi connectivity index (χ2n) is 3.85. The zero-order valence-corrected chi connectivity index (χ0v) is 9.97. The van der Waals surface area contributed by atoms with Gasteiger partial charge in [0.1, 0.15) is 16.9 Å². The van der Waals surface area contributed by atoms with Gasteiger partial charge in [0.2, 0.25) is 0 Å². The molecule has 1 unspecified atom stereocenters. The van der Waals surface area contributed by atoms with E-state index in [1.54, 1.807) is 0 Å². The van der Waals surface area contributed by atoms with Gasteiger partial charge in [0.15, 0.2) is 6.29 Å². The molecule has 1 aromatic rings. The van der Waals surface area contributed by atoms with Crippen LogP contribution in [0.2, 0.25) is 0 Å². The summed E-state index contributed by atoms with van der Waals surface area (Å²) in [5, 5.41) is 19.2. The van der Waals surface area contributed by atoms with E-state index in [9.17, 15) is 9.90 Å². The fourth-order valence-electron chi connectivity index (χ4n) is 1.57. The molecule has 0 aliphatic heterocycles. The summed E-state index contributed by atoms with van der Waals surface area (Å²) in [6.45, 7) is 1.45. The number of ether oxygens (including phenoxy) is 2. The molecule has 1 atom stereocenters. The van der Waals surface area contributed by atoms with Crippen molar-refractivity contribution in [3.8, 4) is 0 Å². The highest BCUT2D eigenvalue weighted by atomic mass is 16.7. The van der Waals surface area contributed by atoms with E-state index >= 15 is 0 Å². The first-order valence-electron chi connectivity index (χ1n) is 5.01. The first kappa shape index (κ1) is 13.7. The second kappa shape index (κ2) is 5.31. The lowest BCUT2D eigenvalue weighted by Gasteiger charge is -2.25.